The first-order chi connectivity index (χ1) is 16.0. The molecule has 4 bridgehead atoms. The quantitative estimate of drug-likeness (QED) is 0.559. The molecule has 4 heteroatoms. The minimum Gasteiger partial charge on any atom is -0.352 e. The SMILES string of the molecule is Cc1ccc(C23CC4CC(CC(C(=O)NCc5ccc(Cn6ccnc6)cc5)(C4)C2)C3)cc1. The molecule has 1 N–H and O–H groups in total. The summed E-state index contributed by atoms with van der Waals surface area (Å²) in [7, 11) is 0. The van der Waals surface area contributed by atoms with Crippen molar-refractivity contribution in [1.82, 2.24) is 14.9 Å². The summed E-state index contributed by atoms with van der Waals surface area (Å²) in [6.45, 7) is 3.58. The average Bonchev–Trinajstić information content (AvgIpc) is 3.31. The second-order valence-electron chi connectivity index (χ2n) is 11.1. The van der Waals surface area contributed by atoms with Crippen LogP contribution in [0.4, 0.5) is 0 Å². The minimum atomic E-state index is -0.184. The van der Waals surface area contributed by atoms with Crippen LogP contribution in [0.1, 0.15) is 60.8 Å². The maximum atomic E-state index is 13.7. The molecule has 170 valence electrons. The van der Waals surface area contributed by atoms with Gasteiger partial charge in [0.05, 0.1) is 11.7 Å². The van der Waals surface area contributed by atoms with Gasteiger partial charge in [-0.1, -0.05) is 54.1 Å². The van der Waals surface area contributed by atoms with Crippen LogP contribution in [0.5, 0.6) is 0 Å². The third-order valence-electron chi connectivity index (χ3n) is 8.61. The Morgan fingerprint density at radius 1 is 1.00 bits per heavy atom. The zero-order chi connectivity index (χ0) is 22.5. The zero-order valence-electron chi connectivity index (χ0n) is 19.5. The number of benzene rings is 2. The summed E-state index contributed by atoms with van der Waals surface area (Å²) in [5.74, 6) is 1.68. The Morgan fingerprint density at radius 2 is 1.70 bits per heavy atom. The Hall–Kier alpha value is -2.88. The highest BCUT2D eigenvalue weighted by Crippen LogP contribution is 2.65. The molecule has 4 fully saturated rings. The smallest absolute Gasteiger partial charge is 0.226 e. The fraction of sp³-hybridized carbons (Fsp3) is 0.448. The summed E-state index contributed by atoms with van der Waals surface area (Å²) in [4.78, 5) is 17.8. The lowest BCUT2D eigenvalue weighted by molar-refractivity contribution is -0.149. The lowest BCUT2D eigenvalue weighted by Crippen LogP contribution is -2.59. The van der Waals surface area contributed by atoms with Crippen molar-refractivity contribution in [3.63, 3.8) is 0 Å². The van der Waals surface area contributed by atoms with Gasteiger partial charge in [-0.3, -0.25) is 4.79 Å². The van der Waals surface area contributed by atoms with Crippen LogP contribution < -0.4 is 5.32 Å². The van der Waals surface area contributed by atoms with E-state index in [1.807, 2.05) is 12.5 Å². The highest BCUT2D eigenvalue weighted by atomic mass is 16.2. The molecule has 0 saturated heterocycles. The second kappa shape index (κ2) is 7.86. The van der Waals surface area contributed by atoms with Gasteiger partial charge in [0.2, 0.25) is 5.91 Å². The van der Waals surface area contributed by atoms with Gasteiger partial charge in [0.15, 0.2) is 0 Å². The number of hydrogen-bond donors (Lipinski definition) is 1. The molecule has 1 aromatic heterocycles. The van der Waals surface area contributed by atoms with Crippen LogP contribution in [0.15, 0.2) is 67.3 Å². The number of nitrogens with one attached hydrogen (secondary N) is 1. The number of amides is 1. The van der Waals surface area contributed by atoms with Crippen molar-refractivity contribution < 1.29 is 4.79 Å². The van der Waals surface area contributed by atoms with Crippen LogP contribution in [0.25, 0.3) is 0 Å². The van der Waals surface area contributed by atoms with Crippen molar-refractivity contribution in [2.24, 2.45) is 17.3 Å². The average molecular weight is 440 g/mol. The van der Waals surface area contributed by atoms with Gasteiger partial charge < -0.3 is 9.88 Å². The van der Waals surface area contributed by atoms with Gasteiger partial charge in [0, 0.05) is 25.5 Å². The Morgan fingerprint density at radius 3 is 2.36 bits per heavy atom. The van der Waals surface area contributed by atoms with Gasteiger partial charge in [-0.2, -0.15) is 0 Å². The van der Waals surface area contributed by atoms with Crippen molar-refractivity contribution in [3.05, 3.63) is 89.5 Å². The third-order valence-corrected chi connectivity index (χ3v) is 8.61. The van der Waals surface area contributed by atoms with E-state index in [9.17, 15) is 4.79 Å². The third kappa shape index (κ3) is 3.80. The molecule has 4 aliphatic rings. The van der Waals surface area contributed by atoms with E-state index in [0.29, 0.717) is 18.4 Å². The summed E-state index contributed by atoms with van der Waals surface area (Å²) in [5.41, 5.74) is 5.19. The second-order valence-corrected chi connectivity index (χ2v) is 11.1. The number of nitrogens with zero attached hydrogens (tertiary/aromatic N) is 2. The van der Waals surface area contributed by atoms with Crippen LogP contribution >= 0.6 is 0 Å². The van der Waals surface area contributed by atoms with Gasteiger partial charge in [-0.15, -0.1) is 0 Å². The standard InChI is InChI=1S/C29H33N3O/c1-21-2-8-26(9-3-21)28-13-24-12-25(14-28)16-29(15-24,19-28)27(33)31-17-22-4-6-23(7-5-22)18-32-11-10-30-20-32/h2-11,20,24-25H,12-19H2,1H3,(H,31,33). The van der Waals surface area contributed by atoms with Crippen molar-refractivity contribution in [3.8, 4) is 0 Å². The van der Waals surface area contributed by atoms with E-state index < -0.39 is 0 Å². The minimum absolute atomic E-state index is 0.184. The van der Waals surface area contributed by atoms with Crippen LogP contribution in [-0.2, 0) is 23.3 Å². The van der Waals surface area contributed by atoms with Crippen LogP contribution in [0.2, 0.25) is 0 Å². The summed E-state index contributed by atoms with van der Waals surface area (Å²) >= 11 is 0. The molecule has 2 atom stereocenters. The van der Waals surface area contributed by atoms with E-state index in [2.05, 4.69) is 70.3 Å². The number of carbonyl (C=O) groups excluding carboxylic acids is 1. The number of hydrogen-bond acceptors (Lipinski definition) is 2. The zero-order valence-corrected chi connectivity index (χ0v) is 19.5. The molecule has 0 radical (unpaired) electrons. The summed E-state index contributed by atoms with van der Waals surface area (Å²) in [6.07, 6.45) is 12.6. The molecule has 4 saturated carbocycles. The predicted molar refractivity (Wildman–Crippen MR) is 130 cm³/mol. The van der Waals surface area contributed by atoms with Gasteiger partial charge in [0.25, 0.3) is 0 Å². The van der Waals surface area contributed by atoms with E-state index >= 15 is 0 Å². The molecule has 1 amide bonds. The maximum Gasteiger partial charge on any atom is 0.226 e. The number of aromatic nitrogens is 2. The summed E-state index contributed by atoms with van der Waals surface area (Å²) in [5, 5.41) is 3.34. The van der Waals surface area contributed by atoms with E-state index in [1.165, 1.54) is 36.0 Å². The van der Waals surface area contributed by atoms with Gasteiger partial charge in [0.1, 0.15) is 0 Å². The van der Waals surface area contributed by atoms with Crippen molar-refractivity contribution in [1.29, 1.82) is 0 Å². The van der Waals surface area contributed by atoms with Crippen molar-refractivity contribution in [2.45, 2.75) is 64.0 Å². The number of rotatable bonds is 6. The molecule has 3 aromatic rings. The molecule has 2 unspecified atom stereocenters. The molecule has 7 rings (SSSR count). The molecule has 1 heterocycles. The Bertz CT molecular complexity index is 1120. The highest BCUT2D eigenvalue weighted by Gasteiger charge is 2.60. The Labute approximate surface area is 196 Å². The van der Waals surface area contributed by atoms with Gasteiger partial charge >= 0.3 is 0 Å². The van der Waals surface area contributed by atoms with Crippen molar-refractivity contribution in [2.75, 3.05) is 0 Å². The monoisotopic (exact) mass is 439 g/mol. The molecular formula is C29H33N3O. The maximum absolute atomic E-state index is 13.7. The fourth-order valence-electron chi connectivity index (χ4n) is 7.50. The Kier molecular flexibility index (Phi) is 4.93. The van der Waals surface area contributed by atoms with E-state index in [-0.39, 0.29) is 16.7 Å². The number of carbonyl (C=O) groups is 1. The first-order valence-electron chi connectivity index (χ1n) is 12.4. The number of imidazole rings is 1. The molecule has 0 aliphatic heterocycles. The molecular weight excluding hydrogens is 406 g/mol. The molecule has 33 heavy (non-hydrogen) atoms. The number of aryl methyl sites for hydroxylation is 1. The van der Waals surface area contributed by atoms with Gasteiger partial charge in [-0.25, -0.2) is 4.98 Å². The lowest BCUT2D eigenvalue weighted by Gasteiger charge is -2.61. The molecule has 0 spiro atoms. The fourth-order valence-corrected chi connectivity index (χ4v) is 7.50. The molecule has 2 aromatic carbocycles. The first kappa shape index (κ1) is 20.7. The van der Waals surface area contributed by atoms with E-state index in [0.717, 1.165) is 31.4 Å². The van der Waals surface area contributed by atoms with E-state index in [4.69, 9.17) is 0 Å². The van der Waals surface area contributed by atoms with Crippen LogP contribution in [0.3, 0.4) is 0 Å². The molecule has 4 nitrogen and oxygen atoms in total. The largest absolute Gasteiger partial charge is 0.352 e. The topological polar surface area (TPSA) is 46.9 Å². The van der Waals surface area contributed by atoms with Crippen molar-refractivity contribution >= 4 is 5.91 Å². The highest BCUT2D eigenvalue weighted by molar-refractivity contribution is 5.83. The predicted octanol–water partition coefficient (Wildman–Crippen LogP) is 5.39. The lowest BCUT2D eigenvalue weighted by atomic mass is 9.42. The van der Waals surface area contributed by atoms with E-state index in [1.54, 1.807) is 6.20 Å². The summed E-state index contributed by atoms with van der Waals surface area (Å²) < 4.78 is 2.06. The summed E-state index contributed by atoms with van der Waals surface area (Å²) in [6, 6.07) is 17.7. The first-order valence-corrected chi connectivity index (χ1v) is 12.4. The normalized spacial score (nSPS) is 29.8. The van der Waals surface area contributed by atoms with Gasteiger partial charge in [-0.05, 0) is 79.4 Å². The van der Waals surface area contributed by atoms with Crippen LogP contribution in [0, 0.1) is 24.2 Å². The Balaban J connectivity index is 1.16. The van der Waals surface area contributed by atoms with Crippen LogP contribution in [-0.4, -0.2) is 15.5 Å². The molecule has 4 aliphatic carbocycles.